The Hall–Kier alpha value is -1.04. The SMILES string of the molecule is COc1ccc(CO[C@@H](CO[Si](C)(C)C(C)(C)C)[C@@]2(C)C[C@@H](O[Si](C)(C)C(C)(C)C)[C@@H](C=O)O2)cc1. The number of hydrogen-bond donors (Lipinski definition) is 0. The predicted molar refractivity (Wildman–Crippen MR) is 151 cm³/mol. The fourth-order valence-corrected chi connectivity index (χ4v) is 6.09. The van der Waals surface area contributed by atoms with Crippen LogP contribution >= 0.6 is 0 Å². The van der Waals surface area contributed by atoms with E-state index < -0.39 is 28.3 Å². The zero-order valence-electron chi connectivity index (χ0n) is 24.7. The topological polar surface area (TPSA) is 63.2 Å². The first-order valence-corrected chi connectivity index (χ1v) is 18.9. The van der Waals surface area contributed by atoms with E-state index in [1.54, 1.807) is 7.11 Å². The average Bonchev–Trinajstić information content (AvgIpc) is 3.07. The Kier molecular flexibility index (Phi) is 9.85. The molecule has 2 rings (SSSR count). The Morgan fingerprint density at radius 1 is 1.03 bits per heavy atom. The van der Waals surface area contributed by atoms with Crippen LogP contribution < -0.4 is 4.74 Å². The summed E-state index contributed by atoms with van der Waals surface area (Å²) in [6, 6.07) is 7.86. The highest BCUT2D eigenvalue weighted by molar-refractivity contribution is 6.74. The van der Waals surface area contributed by atoms with Crippen molar-refractivity contribution in [1.29, 1.82) is 0 Å². The van der Waals surface area contributed by atoms with Crippen LogP contribution in [-0.4, -0.2) is 60.6 Å². The highest BCUT2D eigenvalue weighted by Gasteiger charge is 2.52. The van der Waals surface area contributed by atoms with Gasteiger partial charge in [-0.2, -0.15) is 0 Å². The second kappa shape index (κ2) is 11.4. The maximum Gasteiger partial charge on any atom is 0.192 e. The Balaban J connectivity index is 2.28. The lowest BCUT2D eigenvalue weighted by atomic mass is 9.94. The molecule has 0 amide bonds. The van der Waals surface area contributed by atoms with E-state index in [1.165, 1.54) is 0 Å². The maximum atomic E-state index is 12.1. The number of rotatable bonds is 11. The molecule has 1 saturated heterocycles. The summed E-state index contributed by atoms with van der Waals surface area (Å²) >= 11 is 0. The lowest BCUT2D eigenvalue weighted by Gasteiger charge is -2.40. The van der Waals surface area contributed by atoms with Gasteiger partial charge in [-0.1, -0.05) is 53.7 Å². The lowest BCUT2D eigenvalue weighted by Crippen LogP contribution is -2.49. The molecule has 1 aliphatic heterocycles. The lowest BCUT2D eigenvalue weighted by molar-refractivity contribution is -0.153. The van der Waals surface area contributed by atoms with Crippen LogP contribution in [0.15, 0.2) is 24.3 Å². The van der Waals surface area contributed by atoms with E-state index >= 15 is 0 Å². The third-order valence-corrected chi connectivity index (χ3v) is 17.5. The summed E-state index contributed by atoms with van der Waals surface area (Å²) in [5, 5.41) is 0.111. The van der Waals surface area contributed by atoms with Gasteiger partial charge in [0.1, 0.15) is 18.0 Å². The van der Waals surface area contributed by atoms with Gasteiger partial charge in [0.05, 0.1) is 32.0 Å². The van der Waals surface area contributed by atoms with Gasteiger partial charge in [-0.15, -0.1) is 0 Å². The van der Waals surface area contributed by atoms with Crippen LogP contribution in [0.1, 0.15) is 60.5 Å². The molecule has 1 aromatic carbocycles. The standard InChI is InChI=1S/C28H50O6Si2/c1-26(2,3)35(9,10)32-20-25(31-19-21-13-15-22(30-8)16-14-21)28(7)17-23(24(18-29)33-28)34-36(11,12)27(4,5)6/h13-16,18,23-25H,17,19-20H2,1-12H3/t23-,24-,25+,28-/m1/s1. The predicted octanol–water partition coefficient (Wildman–Crippen LogP) is 6.74. The number of benzene rings is 1. The molecule has 0 saturated carbocycles. The van der Waals surface area contributed by atoms with Gasteiger partial charge < -0.3 is 27.9 Å². The van der Waals surface area contributed by atoms with Crippen molar-refractivity contribution >= 4 is 22.9 Å². The molecule has 0 spiro atoms. The van der Waals surface area contributed by atoms with Gasteiger partial charge in [0, 0.05) is 6.42 Å². The molecule has 1 aliphatic rings. The van der Waals surface area contributed by atoms with Crippen molar-refractivity contribution in [3.8, 4) is 5.75 Å². The largest absolute Gasteiger partial charge is 0.497 e. The van der Waals surface area contributed by atoms with Crippen LogP contribution in [0.3, 0.4) is 0 Å². The Morgan fingerprint density at radius 2 is 1.58 bits per heavy atom. The highest BCUT2D eigenvalue weighted by Crippen LogP contribution is 2.43. The van der Waals surface area contributed by atoms with Gasteiger partial charge in [0.2, 0.25) is 0 Å². The summed E-state index contributed by atoms with van der Waals surface area (Å²) < 4.78 is 31.5. The minimum absolute atomic E-state index is 0.0368. The molecule has 4 atom stereocenters. The quantitative estimate of drug-likeness (QED) is 0.230. The van der Waals surface area contributed by atoms with Crippen LogP contribution in [-0.2, 0) is 29.7 Å². The second-order valence-corrected chi connectivity index (χ2v) is 22.9. The van der Waals surface area contributed by atoms with E-state index in [9.17, 15) is 4.79 Å². The molecule has 0 aromatic heterocycles. The van der Waals surface area contributed by atoms with E-state index in [4.69, 9.17) is 23.1 Å². The molecule has 6 nitrogen and oxygen atoms in total. The van der Waals surface area contributed by atoms with E-state index in [0.717, 1.165) is 17.6 Å². The van der Waals surface area contributed by atoms with Crippen LogP contribution in [0, 0.1) is 0 Å². The summed E-state index contributed by atoms with van der Waals surface area (Å²) in [6.07, 6.45) is 0.191. The van der Waals surface area contributed by atoms with Gasteiger partial charge in [-0.05, 0) is 60.9 Å². The Bertz CT molecular complexity index is 856. The first-order chi connectivity index (χ1) is 16.3. The smallest absolute Gasteiger partial charge is 0.192 e. The molecule has 0 radical (unpaired) electrons. The first kappa shape index (κ1) is 31.2. The monoisotopic (exact) mass is 538 g/mol. The number of aldehydes is 1. The summed E-state index contributed by atoms with van der Waals surface area (Å²) in [5.41, 5.74) is 0.323. The van der Waals surface area contributed by atoms with Crippen LogP contribution in [0.2, 0.25) is 36.3 Å². The molecule has 1 aromatic rings. The second-order valence-electron chi connectivity index (χ2n) is 13.4. The van der Waals surface area contributed by atoms with E-state index in [-0.39, 0.29) is 22.3 Å². The molecule has 0 unspecified atom stereocenters. The number of methoxy groups -OCH3 is 1. The average molecular weight is 539 g/mol. The van der Waals surface area contributed by atoms with Crippen molar-refractivity contribution in [3.05, 3.63) is 29.8 Å². The fourth-order valence-electron chi connectivity index (χ4n) is 3.76. The summed E-state index contributed by atoms with van der Waals surface area (Å²) in [6.45, 7) is 25.1. The molecule has 1 fully saturated rings. The van der Waals surface area contributed by atoms with Gasteiger partial charge in [0.15, 0.2) is 22.9 Å². The number of carbonyl (C=O) groups is 1. The molecule has 0 bridgehead atoms. The van der Waals surface area contributed by atoms with Crippen LogP contribution in [0.25, 0.3) is 0 Å². The zero-order chi connectivity index (χ0) is 27.6. The third-order valence-electron chi connectivity index (χ3n) is 8.46. The molecule has 0 aliphatic carbocycles. The van der Waals surface area contributed by atoms with Gasteiger partial charge in [-0.25, -0.2) is 0 Å². The molecule has 0 N–H and O–H groups in total. The molecular formula is C28H50O6Si2. The molecule has 36 heavy (non-hydrogen) atoms. The van der Waals surface area contributed by atoms with Crippen molar-refractivity contribution in [1.82, 2.24) is 0 Å². The number of ether oxygens (including phenoxy) is 3. The van der Waals surface area contributed by atoms with Crippen molar-refractivity contribution in [2.24, 2.45) is 0 Å². The van der Waals surface area contributed by atoms with Crippen LogP contribution in [0.5, 0.6) is 5.75 Å². The van der Waals surface area contributed by atoms with Crippen molar-refractivity contribution in [2.75, 3.05) is 13.7 Å². The minimum atomic E-state index is -2.09. The molecule has 1 heterocycles. The summed E-state index contributed by atoms with van der Waals surface area (Å²) in [7, 11) is -2.46. The van der Waals surface area contributed by atoms with Crippen molar-refractivity contribution in [3.63, 3.8) is 0 Å². The molecular weight excluding hydrogens is 488 g/mol. The highest BCUT2D eigenvalue weighted by atomic mass is 28.4. The maximum absolute atomic E-state index is 12.1. The summed E-state index contributed by atoms with van der Waals surface area (Å²) in [4.78, 5) is 12.1. The number of hydrogen-bond acceptors (Lipinski definition) is 6. The first-order valence-electron chi connectivity index (χ1n) is 13.0. The van der Waals surface area contributed by atoms with Crippen LogP contribution in [0.4, 0.5) is 0 Å². The number of carbonyl (C=O) groups excluding carboxylic acids is 1. The normalized spacial score (nSPS) is 24.6. The van der Waals surface area contributed by atoms with E-state index in [2.05, 4.69) is 67.7 Å². The van der Waals surface area contributed by atoms with E-state index in [1.807, 2.05) is 31.2 Å². The van der Waals surface area contributed by atoms with Gasteiger partial charge in [-0.3, -0.25) is 0 Å². The van der Waals surface area contributed by atoms with Gasteiger partial charge >= 0.3 is 0 Å². The van der Waals surface area contributed by atoms with Crippen molar-refractivity contribution < 1.29 is 27.9 Å². The van der Waals surface area contributed by atoms with E-state index in [0.29, 0.717) is 19.6 Å². The molecule has 206 valence electrons. The minimum Gasteiger partial charge on any atom is -0.497 e. The summed E-state index contributed by atoms with van der Waals surface area (Å²) in [5.74, 6) is 0.807. The Labute approximate surface area is 221 Å². The Morgan fingerprint density at radius 3 is 2.06 bits per heavy atom. The zero-order valence-corrected chi connectivity index (χ0v) is 26.7. The fraction of sp³-hybridized carbons (Fsp3) is 0.750. The molecule has 8 heteroatoms. The van der Waals surface area contributed by atoms with Crippen molar-refractivity contribution in [2.45, 2.75) is 122 Å². The third kappa shape index (κ3) is 7.51. The van der Waals surface area contributed by atoms with Gasteiger partial charge in [0.25, 0.3) is 0 Å².